The Morgan fingerprint density at radius 3 is 0.991 bits per heavy atom. The highest BCUT2D eigenvalue weighted by Crippen LogP contribution is 2.52. The fraction of sp³-hybridized carbons (Fsp3) is 0.0377. The Hall–Kier alpha value is -13.2. The summed E-state index contributed by atoms with van der Waals surface area (Å²) in [6, 6.07) is 149. The number of hydrogen-bond donors (Lipinski definition) is 0. The van der Waals surface area contributed by atoms with Crippen LogP contribution in [0, 0.1) is 0 Å². The molecule has 19 rings (SSSR count). The Morgan fingerprint density at radius 1 is 0.243 bits per heavy atom. The number of para-hydroxylation sites is 1. The monoisotopic (exact) mass is 1450 g/mol. The second kappa shape index (κ2) is 28.8. The van der Waals surface area contributed by atoms with Crippen LogP contribution in [0.4, 0.5) is 34.1 Å². The van der Waals surface area contributed by atoms with E-state index in [1.807, 2.05) is 12.1 Å². The zero-order valence-corrected chi connectivity index (χ0v) is 64.2. The Kier molecular flexibility index (Phi) is 16.3. The molecule has 0 bridgehead atoms. The first-order valence-corrected chi connectivity index (χ1v) is 42.4. The predicted octanol–water partition coefficient (Wildman–Crippen LogP) is 19.8. The zero-order chi connectivity index (χ0) is 78.8. The fourth-order valence-corrected chi connectivity index (χ4v) is 27.5. The lowest BCUT2D eigenvalue weighted by Gasteiger charge is -2.47. The Bertz CT molecular complexity index is 6390. The minimum atomic E-state index is -3.45. The molecule has 2 aliphatic rings. The van der Waals surface area contributed by atoms with Crippen molar-refractivity contribution >= 4 is 115 Å². The second-order valence-electron chi connectivity index (χ2n) is 30.2. The summed E-state index contributed by atoms with van der Waals surface area (Å²) in [6.07, 6.45) is 0. The molecule has 17 aromatic carbocycles. The van der Waals surface area contributed by atoms with E-state index < -0.39 is 27.6 Å². The fourth-order valence-electron chi connectivity index (χ4n) is 17.9. The molecule has 0 fully saturated rings. The van der Waals surface area contributed by atoms with E-state index >= 15 is 0 Å². The normalized spacial score (nSPS) is 13.0. The number of nitrogens with zero attached hydrogens (tertiary/aromatic N) is 2. The van der Waals surface area contributed by atoms with Crippen molar-refractivity contribution in [2.75, 3.05) is 9.80 Å². The summed E-state index contributed by atoms with van der Waals surface area (Å²) in [5.74, 6) is 0. The van der Waals surface area contributed by atoms with E-state index in [0.29, 0.717) is 5.56 Å². The van der Waals surface area contributed by atoms with E-state index in [1.54, 1.807) is 0 Å². The maximum absolute atomic E-state index is 9.53. The van der Waals surface area contributed by atoms with Crippen LogP contribution in [0.25, 0.3) is 66.8 Å². The van der Waals surface area contributed by atoms with Gasteiger partial charge >= 0.3 is 0 Å². The van der Waals surface area contributed by atoms with Crippen molar-refractivity contribution < 1.29 is 6.85 Å². The first-order chi connectivity index (χ1) is 56.8. The van der Waals surface area contributed by atoms with Gasteiger partial charge in [-0.25, -0.2) is 0 Å². The van der Waals surface area contributed by atoms with E-state index in [0.717, 1.165) is 112 Å². The quantitative estimate of drug-likeness (QED) is 0.0703. The molecule has 0 saturated heterocycles. The van der Waals surface area contributed by atoms with Crippen LogP contribution in [0.2, 0.25) is 0 Å². The standard InChI is InChI=1S/C106H81BN2Si2/c1-106(2,3)85-72-102-104-103(73-85)109(105-94(79-43-20-7-21-44-79)61-36-62-95(105)80-45-22-8-23-46-80)101-75-93(111(88-55-30-12-31-56-88,89-57-32-13-33-58-89)91-60-35-50-83(70-91)77-39-16-5-17-40-77)65-67-98(101)107(104)97-66-64-92(74-100(97)108(102)99-68-63-84(78-41-18-6-19-42-78)71-96(99)81-47-24-9-25-48-81)110(86-51-26-10-27-52-86,87-53-28-11-29-54-87)90-59-34-49-82(69-90)76-37-14-4-15-38-76/h4-75H,1-3H3/i6D,18D,19D,41D,42D. The minimum absolute atomic E-state index is 0.140. The number of fused-ring (bicyclic) bond motifs is 4. The third kappa shape index (κ3) is 12.0. The highest BCUT2D eigenvalue weighted by molar-refractivity contribution is 7.21. The first kappa shape index (κ1) is 62.8. The van der Waals surface area contributed by atoms with E-state index in [1.165, 1.54) is 41.5 Å². The number of benzene rings is 17. The summed E-state index contributed by atoms with van der Waals surface area (Å²) in [6.45, 7) is 6.62. The Balaban J connectivity index is 0.988. The van der Waals surface area contributed by atoms with Gasteiger partial charge in [-0.15, -0.1) is 0 Å². The molecule has 0 amide bonds. The Morgan fingerprint density at radius 2 is 0.577 bits per heavy atom. The summed E-state index contributed by atoms with van der Waals surface area (Å²) in [5.41, 5.74) is 21.4. The van der Waals surface area contributed by atoms with Gasteiger partial charge in [-0.1, -0.05) is 421 Å². The van der Waals surface area contributed by atoms with Gasteiger partial charge in [0, 0.05) is 39.4 Å². The molecule has 17 aromatic rings. The molecule has 5 heteroatoms. The van der Waals surface area contributed by atoms with E-state index in [9.17, 15) is 2.74 Å². The van der Waals surface area contributed by atoms with Gasteiger partial charge in [-0.3, -0.25) is 0 Å². The van der Waals surface area contributed by atoms with Gasteiger partial charge in [-0.2, -0.15) is 0 Å². The predicted molar refractivity (Wildman–Crippen MR) is 479 cm³/mol. The van der Waals surface area contributed by atoms with Gasteiger partial charge in [0.05, 0.1) is 18.2 Å². The molecule has 0 spiro atoms. The third-order valence-electron chi connectivity index (χ3n) is 23.0. The third-order valence-corrected chi connectivity index (χ3v) is 32.5. The van der Waals surface area contributed by atoms with Crippen molar-refractivity contribution in [2.24, 2.45) is 0 Å². The highest BCUT2D eigenvalue weighted by atomic mass is 28.3. The lowest BCUT2D eigenvalue weighted by Crippen LogP contribution is -2.75. The van der Waals surface area contributed by atoms with E-state index in [2.05, 4.69) is 425 Å². The summed E-state index contributed by atoms with van der Waals surface area (Å²) >= 11 is 0. The van der Waals surface area contributed by atoms with E-state index in [4.69, 9.17) is 4.11 Å². The minimum Gasteiger partial charge on any atom is -0.311 e. The largest absolute Gasteiger partial charge is 0.311 e. The molecular weight excluding hydrogens is 1370 g/mol. The summed E-state index contributed by atoms with van der Waals surface area (Å²) in [7, 11) is -6.87. The van der Waals surface area contributed by atoms with Crippen molar-refractivity contribution in [1.82, 2.24) is 0 Å². The molecule has 0 N–H and O–H groups in total. The second-order valence-corrected chi connectivity index (χ2v) is 37.8. The molecule has 0 unspecified atom stereocenters. The molecule has 2 aliphatic heterocycles. The lowest BCUT2D eigenvalue weighted by molar-refractivity contribution is 0.590. The van der Waals surface area contributed by atoms with Crippen molar-refractivity contribution in [3.8, 4) is 66.8 Å². The lowest BCUT2D eigenvalue weighted by atomic mass is 9.33. The van der Waals surface area contributed by atoms with Crippen LogP contribution >= 0.6 is 0 Å². The van der Waals surface area contributed by atoms with Gasteiger partial charge < -0.3 is 9.80 Å². The van der Waals surface area contributed by atoms with E-state index in [-0.39, 0.29) is 36.4 Å². The highest BCUT2D eigenvalue weighted by Gasteiger charge is 2.50. The Labute approximate surface area is 662 Å². The molecule has 0 aliphatic carbocycles. The van der Waals surface area contributed by atoms with Crippen LogP contribution < -0.4 is 67.7 Å². The summed E-state index contributed by atoms with van der Waals surface area (Å²) in [5, 5.41) is 9.93. The van der Waals surface area contributed by atoms with Crippen LogP contribution in [0.15, 0.2) is 437 Å². The maximum Gasteiger partial charge on any atom is 0.252 e. The van der Waals surface area contributed by atoms with Crippen molar-refractivity contribution in [3.05, 3.63) is 442 Å². The number of anilines is 6. The van der Waals surface area contributed by atoms with Gasteiger partial charge in [-0.05, 0) is 155 Å². The van der Waals surface area contributed by atoms with Crippen molar-refractivity contribution in [2.45, 2.75) is 26.2 Å². The molecule has 2 heterocycles. The number of rotatable bonds is 16. The molecule has 0 saturated carbocycles. The number of hydrogen-bond acceptors (Lipinski definition) is 2. The molecule has 0 radical (unpaired) electrons. The molecule has 0 atom stereocenters. The molecular formula is C106H81BN2Si2. The van der Waals surface area contributed by atoms with Crippen molar-refractivity contribution in [1.29, 1.82) is 0 Å². The topological polar surface area (TPSA) is 6.48 Å². The average Bonchev–Trinajstić information content (AvgIpc) is 0.676. The molecule has 2 nitrogen and oxygen atoms in total. The first-order valence-electron chi connectivity index (χ1n) is 40.9. The van der Waals surface area contributed by atoms with Gasteiger partial charge in [0.2, 0.25) is 0 Å². The smallest absolute Gasteiger partial charge is 0.252 e. The van der Waals surface area contributed by atoms with Crippen LogP contribution in [-0.2, 0) is 5.41 Å². The molecule has 111 heavy (non-hydrogen) atoms. The van der Waals surface area contributed by atoms with Crippen LogP contribution in [0.3, 0.4) is 0 Å². The van der Waals surface area contributed by atoms with Gasteiger partial charge in [0.1, 0.15) is 0 Å². The maximum atomic E-state index is 9.53. The molecule has 0 aromatic heterocycles. The van der Waals surface area contributed by atoms with Crippen molar-refractivity contribution in [3.63, 3.8) is 0 Å². The average molecular weight is 1450 g/mol. The van der Waals surface area contributed by atoms with Crippen LogP contribution in [0.5, 0.6) is 0 Å². The van der Waals surface area contributed by atoms with Crippen LogP contribution in [-0.4, -0.2) is 22.9 Å². The van der Waals surface area contributed by atoms with Crippen LogP contribution in [0.1, 0.15) is 33.2 Å². The molecule has 526 valence electrons. The summed E-state index contributed by atoms with van der Waals surface area (Å²) in [4.78, 5) is 5.22. The zero-order valence-electron chi connectivity index (χ0n) is 67.2. The van der Waals surface area contributed by atoms with Gasteiger partial charge in [0.15, 0.2) is 16.1 Å². The SMILES string of the molecule is [2H]c1c([2H])c([2H])c(-c2ccc(N3c4cc([Si](c5ccccc5)(c5ccccc5)c5cccc(-c6ccccc6)c5)ccc4B4c5ccc([Si](c6ccccc6)(c6ccccc6)c6cccc(-c7ccccc7)c6)cc5N(c5c(-c6ccccc6)cccc5-c5ccccc5)c5cc(C(C)(C)C)cc3c54)c(-c3ccccc3)c2)c([2H])c1[2H]. The summed E-state index contributed by atoms with van der Waals surface area (Å²) < 4.78 is 45.9. The van der Waals surface area contributed by atoms with Gasteiger partial charge in [0.25, 0.3) is 6.71 Å².